The summed E-state index contributed by atoms with van der Waals surface area (Å²) >= 11 is 0. The summed E-state index contributed by atoms with van der Waals surface area (Å²) in [6, 6.07) is 17.2. The Balaban J connectivity index is 1.36. The fraction of sp³-hybridized carbons (Fsp3) is 0.182. The Morgan fingerprint density at radius 2 is 1.62 bits per heavy atom. The van der Waals surface area contributed by atoms with Crippen LogP contribution in [0.4, 0.5) is 4.79 Å². The van der Waals surface area contributed by atoms with Crippen molar-refractivity contribution in [2.75, 3.05) is 0 Å². The number of rotatable bonds is 8. The van der Waals surface area contributed by atoms with Gasteiger partial charge in [0.05, 0.1) is 38.4 Å². The minimum Gasteiger partial charge on any atom is -0.467 e. The first-order chi connectivity index (χ1) is 14.3. The minimum atomic E-state index is -0.200. The molecule has 0 unspecified atom stereocenters. The van der Waals surface area contributed by atoms with Gasteiger partial charge in [-0.25, -0.2) is 4.79 Å². The molecule has 0 radical (unpaired) electrons. The predicted molar refractivity (Wildman–Crippen MR) is 107 cm³/mol. The highest BCUT2D eigenvalue weighted by atomic mass is 16.3. The molecule has 29 heavy (non-hydrogen) atoms. The standard InChI is InChI=1S/C22H22N4O3/c27-22(25(16-20-8-4-10-28-20)17-21-9-5-11-29-21)23-12-19-13-24-26(15-19)14-18-6-2-1-3-7-18/h1-11,13,15H,12,14,16-17H2,(H,23,27). The van der Waals surface area contributed by atoms with Crippen molar-refractivity contribution in [3.8, 4) is 0 Å². The van der Waals surface area contributed by atoms with E-state index in [9.17, 15) is 4.79 Å². The van der Waals surface area contributed by atoms with Crippen molar-refractivity contribution in [2.45, 2.75) is 26.2 Å². The van der Waals surface area contributed by atoms with Gasteiger partial charge in [-0.2, -0.15) is 5.10 Å². The third-order valence-corrected chi connectivity index (χ3v) is 4.46. The van der Waals surface area contributed by atoms with E-state index in [-0.39, 0.29) is 6.03 Å². The van der Waals surface area contributed by atoms with Gasteiger partial charge in [0.1, 0.15) is 11.5 Å². The number of carbonyl (C=O) groups is 1. The van der Waals surface area contributed by atoms with E-state index in [1.54, 1.807) is 35.8 Å². The van der Waals surface area contributed by atoms with Crippen LogP contribution in [-0.4, -0.2) is 20.7 Å². The van der Waals surface area contributed by atoms with Gasteiger partial charge in [-0.05, 0) is 29.8 Å². The van der Waals surface area contributed by atoms with Crippen LogP contribution in [0.5, 0.6) is 0 Å². The fourth-order valence-electron chi connectivity index (χ4n) is 3.02. The molecule has 4 aromatic rings. The van der Waals surface area contributed by atoms with Crippen LogP contribution >= 0.6 is 0 Å². The summed E-state index contributed by atoms with van der Waals surface area (Å²) in [5.74, 6) is 1.42. The number of hydrogen-bond acceptors (Lipinski definition) is 4. The second-order valence-electron chi connectivity index (χ2n) is 6.71. The molecule has 148 valence electrons. The molecule has 1 aromatic carbocycles. The zero-order chi connectivity index (χ0) is 19.9. The first-order valence-corrected chi connectivity index (χ1v) is 9.39. The van der Waals surface area contributed by atoms with Crippen LogP contribution in [0.2, 0.25) is 0 Å². The van der Waals surface area contributed by atoms with Crippen molar-refractivity contribution in [1.82, 2.24) is 20.0 Å². The van der Waals surface area contributed by atoms with Crippen LogP contribution in [0, 0.1) is 0 Å². The Hall–Kier alpha value is -3.74. The summed E-state index contributed by atoms with van der Waals surface area (Å²) in [7, 11) is 0. The smallest absolute Gasteiger partial charge is 0.318 e. The molecule has 1 N–H and O–H groups in total. The van der Waals surface area contributed by atoms with Crippen LogP contribution < -0.4 is 5.32 Å². The quantitative estimate of drug-likeness (QED) is 0.493. The highest BCUT2D eigenvalue weighted by Gasteiger charge is 2.17. The van der Waals surface area contributed by atoms with E-state index in [1.807, 2.05) is 41.2 Å². The van der Waals surface area contributed by atoms with E-state index in [1.165, 1.54) is 5.56 Å². The van der Waals surface area contributed by atoms with E-state index >= 15 is 0 Å². The highest BCUT2D eigenvalue weighted by Crippen LogP contribution is 2.12. The minimum absolute atomic E-state index is 0.200. The number of aromatic nitrogens is 2. The van der Waals surface area contributed by atoms with E-state index in [0.717, 1.165) is 5.56 Å². The molecule has 0 atom stereocenters. The third-order valence-electron chi connectivity index (χ3n) is 4.46. The molecule has 3 aromatic heterocycles. The third kappa shape index (κ3) is 5.16. The molecule has 7 heteroatoms. The van der Waals surface area contributed by atoms with Gasteiger partial charge in [0.15, 0.2) is 0 Å². The number of benzene rings is 1. The van der Waals surface area contributed by atoms with Crippen molar-refractivity contribution >= 4 is 6.03 Å². The zero-order valence-corrected chi connectivity index (χ0v) is 15.9. The molecule has 0 saturated carbocycles. The normalized spacial score (nSPS) is 10.8. The van der Waals surface area contributed by atoms with Gasteiger partial charge in [-0.15, -0.1) is 0 Å². The van der Waals surface area contributed by atoms with Gasteiger partial charge < -0.3 is 19.1 Å². The maximum absolute atomic E-state index is 12.8. The van der Waals surface area contributed by atoms with Crippen molar-refractivity contribution in [1.29, 1.82) is 0 Å². The topological polar surface area (TPSA) is 76.4 Å². The molecule has 0 bridgehead atoms. The summed E-state index contributed by atoms with van der Waals surface area (Å²) in [5.41, 5.74) is 2.11. The first-order valence-electron chi connectivity index (χ1n) is 9.39. The number of carbonyl (C=O) groups excluding carboxylic acids is 1. The molecule has 0 aliphatic carbocycles. The maximum Gasteiger partial charge on any atom is 0.318 e. The number of nitrogens with one attached hydrogen (secondary N) is 1. The predicted octanol–water partition coefficient (Wildman–Crippen LogP) is 4.03. The summed E-state index contributed by atoms with van der Waals surface area (Å²) in [4.78, 5) is 14.4. The Kier molecular flexibility index (Phi) is 5.76. The van der Waals surface area contributed by atoms with Crippen LogP contribution in [0.1, 0.15) is 22.6 Å². The van der Waals surface area contributed by atoms with Crippen molar-refractivity contribution in [3.05, 3.63) is 102 Å². The molecular weight excluding hydrogens is 368 g/mol. The van der Waals surface area contributed by atoms with Crippen molar-refractivity contribution in [2.24, 2.45) is 0 Å². The summed E-state index contributed by atoms with van der Waals surface area (Å²) in [5, 5.41) is 7.33. The maximum atomic E-state index is 12.8. The average Bonchev–Trinajstić information content (AvgIpc) is 3.50. The number of nitrogens with zero attached hydrogens (tertiary/aromatic N) is 3. The second kappa shape index (κ2) is 8.97. The molecule has 7 nitrogen and oxygen atoms in total. The van der Waals surface area contributed by atoms with E-state index in [4.69, 9.17) is 8.83 Å². The monoisotopic (exact) mass is 390 g/mol. The van der Waals surface area contributed by atoms with Crippen LogP contribution in [-0.2, 0) is 26.2 Å². The fourth-order valence-corrected chi connectivity index (χ4v) is 3.02. The molecule has 2 amide bonds. The van der Waals surface area contributed by atoms with E-state index < -0.39 is 0 Å². The Morgan fingerprint density at radius 3 is 2.24 bits per heavy atom. The zero-order valence-electron chi connectivity index (χ0n) is 15.9. The molecule has 0 aliphatic heterocycles. The van der Waals surface area contributed by atoms with Gasteiger partial charge in [0.25, 0.3) is 0 Å². The lowest BCUT2D eigenvalue weighted by Gasteiger charge is -2.21. The number of hydrogen-bond donors (Lipinski definition) is 1. The Bertz CT molecular complexity index is 971. The van der Waals surface area contributed by atoms with Crippen LogP contribution in [0.3, 0.4) is 0 Å². The first kappa shape index (κ1) is 18.6. The lowest BCUT2D eigenvalue weighted by Crippen LogP contribution is -2.38. The number of amides is 2. The van der Waals surface area contributed by atoms with Gasteiger partial charge >= 0.3 is 6.03 Å². The lowest BCUT2D eigenvalue weighted by molar-refractivity contribution is 0.181. The Morgan fingerprint density at radius 1 is 0.931 bits per heavy atom. The highest BCUT2D eigenvalue weighted by molar-refractivity contribution is 5.74. The van der Waals surface area contributed by atoms with Crippen LogP contribution in [0.15, 0.2) is 88.4 Å². The molecule has 4 rings (SSSR count). The molecule has 3 heterocycles. The summed E-state index contributed by atoms with van der Waals surface area (Å²) < 4.78 is 12.6. The molecule has 0 fully saturated rings. The Labute approximate surface area is 168 Å². The van der Waals surface area contributed by atoms with Gasteiger partial charge in [0, 0.05) is 18.3 Å². The molecule has 0 aliphatic rings. The van der Waals surface area contributed by atoms with Crippen LogP contribution in [0.25, 0.3) is 0 Å². The molecular formula is C22H22N4O3. The van der Waals surface area contributed by atoms with Gasteiger partial charge in [-0.1, -0.05) is 30.3 Å². The summed E-state index contributed by atoms with van der Waals surface area (Å²) in [6.45, 7) is 1.79. The average molecular weight is 390 g/mol. The molecule has 0 spiro atoms. The largest absolute Gasteiger partial charge is 0.467 e. The second-order valence-corrected chi connectivity index (χ2v) is 6.71. The van der Waals surface area contributed by atoms with Gasteiger partial charge in [-0.3, -0.25) is 4.68 Å². The van der Waals surface area contributed by atoms with E-state index in [0.29, 0.717) is 37.7 Å². The lowest BCUT2D eigenvalue weighted by atomic mass is 10.2. The summed E-state index contributed by atoms with van der Waals surface area (Å²) in [6.07, 6.45) is 6.90. The number of urea groups is 1. The SMILES string of the molecule is O=C(NCc1cnn(Cc2ccccc2)c1)N(Cc1ccco1)Cc1ccco1. The van der Waals surface area contributed by atoms with Crippen molar-refractivity contribution < 1.29 is 13.6 Å². The number of furan rings is 2. The molecule has 0 saturated heterocycles. The van der Waals surface area contributed by atoms with E-state index in [2.05, 4.69) is 22.5 Å². The van der Waals surface area contributed by atoms with Gasteiger partial charge in [0.2, 0.25) is 0 Å². The van der Waals surface area contributed by atoms with Crippen molar-refractivity contribution in [3.63, 3.8) is 0 Å².